The van der Waals surface area contributed by atoms with E-state index in [1.165, 1.54) is 36.0 Å². The second-order valence-electron chi connectivity index (χ2n) is 5.74. The molecular weight excluding hydrogens is 222 g/mol. The fraction of sp³-hybridized carbons (Fsp3) is 0.625. The van der Waals surface area contributed by atoms with Crippen LogP contribution in [-0.4, -0.2) is 26.8 Å². The highest BCUT2D eigenvalue weighted by atomic mass is 16.5. The van der Waals surface area contributed by atoms with Crippen LogP contribution in [0.15, 0.2) is 18.2 Å². The maximum Gasteiger partial charge on any atom is 0.0471 e. The van der Waals surface area contributed by atoms with E-state index in [-0.39, 0.29) is 0 Å². The second-order valence-corrected chi connectivity index (χ2v) is 5.74. The Morgan fingerprint density at radius 2 is 1.89 bits per heavy atom. The maximum atomic E-state index is 5.52. The summed E-state index contributed by atoms with van der Waals surface area (Å²) in [4.78, 5) is 0. The largest absolute Gasteiger partial charge is 0.381 e. The van der Waals surface area contributed by atoms with Crippen molar-refractivity contribution < 1.29 is 4.74 Å². The molecule has 0 aromatic heterocycles. The van der Waals surface area contributed by atoms with E-state index in [1.807, 2.05) is 0 Å². The number of nitrogens with one attached hydrogen (secondary N) is 1. The highest BCUT2D eigenvalue weighted by molar-refractivity contribution is 5.30. The summed E-state index contributed by atoms with van der Waals surface area (Å²) in [6.45, 7) is 7.28. The van der Waals surface area contributed by atoms with Crippen LogP contribution in [0.2, 0.25) is 0 Å². The maximum absolute atomic E-state index is 5.52. The molecule has 100 valence electrons. The van der Waals surface area contributed by atoms with Crippen molar-refractivity contribution >= 4 is 0 Å². The van der Waals surface area contributed by atoms with Gasteiger partial charge in [-0.25, -0.2) is 0 Å². The molecule has 0 atom stereocenters. The summed E-state index contributed by atoms with van der Waals surface area (Å²) in [5, 5.41) is 3.37. The van der Waals surface area contributed by atoms with Crippen LogP contribution in [0.3, 0.4) is 0 Å². The van der Waals surface area contributed by atoms with E-state index in [0.717, 1.165) is 19.8 Å². The lowest BCUT2D eigenvalue weighted by Crippen LogP contribution is -2.39. The summed E-state index contributed by atoms with van der Waals surface area (Å²) in [5.74, 6) is 0. The van der Waals surface area contributed by atoms with Crippen molar-refractivity contribution in [2.45, 2.75) is 33.1 Å². The molecule has 1 N–H and O–H groups in total. The van der Waals surface area contributed by atoms with Crippen molar-refractivity contribution in [1.82, 2.24) is 5.32 Å². The molecular formula is C16H25NO. The molecule has 0 unspecified atom stereocenters. The predicted octanol–water partition coefficient (Wildman–Crippen LogP) is 2.86. The fourth-order valence-electron chi connectivity index (χ4n) is 2.94. The highest BCUT2D eigenvalue weighted by Gasteiger charge is 2.32. The zero-order chi connectivity index (χ0) is 13.0. The van der Waals surface area contributed by atoms with Crippen molar-refractivity contribution in [3.63, 3.8) is 0 Å². The normalized spacial score (nSPS) is 18.8. The van der Waals surface area contributed by atoms with Crippen LogP contribution in [0.4, 0.5) is 0 Å². The van der Waals surface area contributed by atoms with Gasteiger partial charge in [-0.15, -0.1) is 0 Å². The number of benzene rings is 1. The summed E-state index contributed by atoms with van der Waals surface area (Å²) < 4.78 is 5.52. The number of rotatable bonds is 4. The fourth-order valence-corrected chi connectivity index (χ4v) is 2.94. The summed E-state index contributed by atoms with van der Waals surface area (Å²) in [6.07, 6.45) is 3.50. The standard InChI is InChI=1S/C16H25NO/c1-13-4-5-15(10-14(13)2)11-16(12-17-3)6-8-18-9-7-16/h4-5,10,17H,6-9,11-12H2,1-3H3. The summed E-state index contributed by atoms with van der Waals surface area (Å²) in [6, 6.07) is 6.88. The van der Waals surface area contributed by atoms with Crippen LogP contribution in [-0.2, 0) is 11.2 Å². The zero-order valence-corrected chi connectivity index (χ0v) is 11.9. The Hall–Kier alpha value is -0.860. The molecule has 1 heterocycles. The van der Waals surface area contributed by atoms with Crippen molar-refractivity contribution in [2.24, 2.45) is 5.41 Å². The van der Waals surface area contributed by atoms with Crippen LogP contribution in [0.25, 0.3) is 0 Å². The summed E-state index contributed by atoms with van der Waals surface area (Å²) in [7, 11) is 2.05. The monoisotopic (exact) mass is 247 g/mol. The zero-order valence-electron chi connectivity index (χ0n) is 11.9. The minimum atomic E-state index is 0.384. The summed E-state index contributed by atoms with van der Waals surface area (Å²) >= 11 is 0. The van der Waals surface area contributed by atoms with E-state index in [4.69, 9.17) is 4.74 Å². The SMILES string of the molecule is CNCC1(Cc2ccc(C)c(C)c2)CCOCC1. The van der Waals surface area contributed by atoms with E-state index < -0.39 is 0 Å². The van der Waals surface area contributed by atoms with E-state index in [2.05, 4.69) is 44.4 Å². The Kier molecular flexibility index (Phi) is 4.41. The Balaban J connectivity index is 2.14. The van der Waals surface area contributed by atoms with E-state index in [0.29, 0.717) is 5.41 Å². The number of ether oxygens (including phenoxy) is 1. The van der Waals surface area contributed by atoms with Crippen molar-refractivity contribution in [3.05, 3.63) is 34.9 Å². The molecule has 2 heteroatoms. The molecule has 18 heavy (non-hydrogen) atoms. The molecule has 1 aliphatic heterocycles. The Bertz CT molecular complexity index is 389. The first-order valence-electron chi connectivity index (χ1n) is 6.94. The molecule has 0 radical (unpaired) electrons. The first kappa shape index (κ1) is 13.6. The van der Waals surface area contributed by atoms with Gasteiger partial charge < -0.3 is 10.1 Å². The number of hydrogen-bond donors (Lipinski definition) is 1. The Morgan fingerprint density at radius 3 is 2.50 bits per heavy atom. The molecule has 1 aromatic carbocycles. The molecule has 1 saturated heterocycles. The van der Waals surface area contributed by atoms with Gasteiger partial charge in [-0.05, 0) is 62.3 Å². The third-order valence-electron chi connectivity index (χ3n) is 4.26. The molecule has 0 spiro atoms. The first-order chi connectivity index (χ1) is 8.65. The van der Waals surface area contributed by atoms with Crippen LogP contribution in [0.1, 0.15) is 29.5 Å². The van der Waals surface area contributed by atoms with Crippen LogP contribution in [0.5, 0.6) is 0 Å². The van der Waals surface area contributed by atoms with Gasteiger partial charge in [0.1, 0.15) is 0 Å². The van der Waals surface area contributed by atoms with Gasteiger partial charge >= 0.3 is 0 Å². The van der Waals surface area contributed by atoms with E-state index >= 15 is 0 Å². The molecule has 0 aliphatic carbocycles. The van der Waals surface area contributed by atoms with Gasteiger partial charge in [0.25, 0.3) is 0 Å². The van der Waals surface area contributed by atoms with Crippen LogP contribution in [0, 0.1) is 19.3 Å². The Labute approximate surface area is 111 Å². The van der Waals surface area contributed by atoms with E-state index in [1.54, 1.807) is 0 Å². The molecule has 1 fully saturated rings. The van der Waals surface area contributed by atoms with Crippen molar-refractivity contribution in [1.29, 1.82) is 0 Å². The van der Waals surface area contributed by atoms with Gasteiger partial charge in [0.2, 0.25) is 0 Å². The third-order valence-corrected chi connectivity index (χ3v) is 4.26. The first-order valence-corrected chi connectivity index (χ1v) is 6.94. The van der Waals surface area contributed by atoms with Gasteiger partial charge in [0.05, 0.1) is 0 Å². The van der Waals surface area contributed by atoms with Crippen LogP contribution < -0.4 is 5.32 Å². The van der Waals surface area contributed by atoms with Crippen molar-refractivity contribution in [3.8, 4) is 0 Å². The van der Waals surface area contributed by atoms with Gasteiger partial charge in [-0.2, -0.15) is 0 Å². The van der Waals surface area contributed by atoms with Crippen LogP contribution >= 0.6 is 0 Å². The van der Waals surface area contributed by atoms with Gasteiger partial charge in [-0.3, -0.25) is 0 Å². The van der Waals surface area contributed by atoms with Crippen molar-refractivity contribution in [2.75, 3.05) is 26.8 Å². The van der Waals surface area contributed by atoms with Gasteiger partial charge in [0.15, 0.2) is 0 Å². The molecule has 1 aromatic rings. The average molecular weight is 247 g/mol. The number of aryl methyl sites for hydroxylation is 2. The molecule has 2 nitrogen and oxygen atoms in total. The molecule has 0 saturated carbocycles. The minimum absolute atomic E-state index is 0.384. The lowest BCUT2D eigenvalue weighted by Gasteiger charge is -2.37. The third kappa shape index (κ3) is 3.12. The van der Waals surface area contributed by atoms with Gasteiger partial charge in [0, 0.05) is 19.8 Å². The number of hydrogen-bond acceptors (Lipinski definition) is 2. The lowest BCUT2D eigenvalue weighted by molar-refractivity contribution is 0.0158. The van der Waals surface area contributed by atoms with Gasteiger partial charge in [-0.1, -0.05) is 18.2 Å². The Morgan fingerprint density at radius 1 is 1.17 bits per heavy atom. The summed E-state index contributed by atoms with van der Waals surface area (Å²) in [5.41, 5.74) is 4.64. The average Bonchev–Trinajstić information content (AvgIpc) is 2.35. The lowest BCUT2D eigenvalue weighted by atomic mass is 9.75. The molecule has 1 aliphatic rings. The molecule has 2 rings (SSSR count). The second kappa shape index (κ2) is 5.85. The topological polar surface area (TPSA) is 21.3 Å². The smallest absolute Gasteiger partial charge is 0.0471 e. The molecule has 0 bridgehead atoms. The highest BCUT2D eigenvalue weighted by Crippen LogP contribution is 2.34. The minimum Gasteiger partial charge on any atom is -0.381 e. The molecule has 0 amide bonds. The predicted molar refractivity (Wildman–Crippen MR) is 76.0 cm³/mol. The quantitative estimate of drug-likeness (QED) is 0.883. The van der Waals surface area contributed by atoms with E-state index in [9.17, 15) is 0 Å².